The standard InChI is InChI=1S/C8H14N4/c1-12-10-6-8(11-12)7-2-4-9-5-3-7/h6-7,9H,2-5H2,1H3. The smallest absolute Gasteiger partial charge is 0.0858 e. The molecular formula is C8H14N4. The molecule has 0 atom stereocenters. The molecule has 1 aliphatic heterocycles. The van der Waals surface area contributed by atoms with Gasteiger partial charge in [-0.3, -0.25) is 0 Å². The molecule has 1 N–H and O–H groups in total. The highest BCUT2D eigenvalue weighted by Gasteiger charge is 2.17. The fourth-order valence-corrected chi connectivity index (χ4v) is 1.67. The summed E-state index contributed by atoms with van der Waals surface area (Å²) in [6.45, 7) is 2.22. The average molecular weight is 166 g/mol. The zero-order valence-corrected chi connectivity index (χ0v) is 7.32. The molecular weight excluding hydrogens is 152 g/mol. The van der Waals surface area contributed by atoms with Gasteiger partial charge in [-0.05, 0) is 25.9 Å². The van der Waals surface area contributed by atoms with E-state index in [2.05, 4.69) is 15.5 Å². The van der Waals surface area contributed by atoms with Gasteiger partial charge in [0.25, 0.3) is 0 Å². The summed E-state index contributed by atoms with van der Waals surface area (Å²) in [5.74, 6) is 0.625. The SMILES string of the molecule is Cn1ncc(C2CCNCC2)n1. The minimum absolute atomic E-state index is 0.625. The predicted octanol–water partition coefficient (Wildman–Crippen LogP) is 0.282. The van der Waals surface area contributed by atoms with Gasteiger partial charge >= 0.3 is 0 Å². The van der Waals surface area contributed by atoms with Gasteiger partial charge in [-0.25, -0.2) is 0 Å². The van der Waals surface area contributed by atoms with Crippen LogP contribution in [-0.4, -0.2) is 28.1 Å². The lowest BCUT2D eigenvalue weighted by Gasteiger charge is -2.19. The van der Waals surface area contributed by atoms with Crippen molar-refractivity contribution in [3.8, 4) is 0 Å². The summed E-state index contributed by atoms with van der Waals surface area (Å²) in [5, 5.41) is 11.7. The third kappa shape index (κ3) is 1.48. The van der Waals surface area contributed by atoms with E-state index in [1.807, 2.05) is 13.2 Å². The zero-order chi connectivity index (χ0) is 8.39. The summed E-state index contributed by atoms with van der Waals surface area (Å²) in [5.41, 5.74) is 1.15. The van der Waals surface area contributed by atoms with Crippen LogP contribution in [0.15, 0.2) is 6.20 Å². The van der Waals surface area contributed by atoms with Crippen molar-refractivity contribution in [1.82, 2.24) is 20.3 Å². The molecule has 1 fully saturated rings. The fourth-order valence-electron chi connectivity index (χ4n) is 1.67. The van der Waals surface area contributed by atoms with Crippen LogP contribution >= 0.6 is 0 Å². The van der Waals surface area contributed by atoms with E-state index in [9.17, 15) is 0 Å². The van der Waals surface area contributed by atoms with Gasteiger partial charge in [0.2, 0.25) is 0 Å². The predicted molar refractivity (Wildman–Crippen MR) is 45.8 cm³/mol. The Morgan fingerprint density at radius 1 is 1.50 bits per heavy atom. The van der Waals surface area contributed by atoms with Crippen LogP contribution in [-0.2, 0) is 7.05 Å². The van der Waals surface area contributed by atoms with Gasteiger partial charge in [-0.15, -0.1) is 0 Å². The van der Waals surface area contributed by atoms with Crippen LogP contribution in [0, 0.1) is 0 Å². The molecule has 0 aromatic carbocycles. The van der Waals surface area contributed by atoms with E-state index >= 15 is 0 Å². The van der Waals surface area contributed by atoms with E-state index in [1.165, 1.54) is 12.8 Å². The molecule has 0 saturated carbocycles. The first-order chi connectivity index (χ1) is 5.86. The highest BCUT2D eigenvalue weighted by atomic mass is 15.4. The molecule has 0 spiro atoms. The van der Waals surface area contributed by atoms with Gasteiger partial charge in [-0.1, -0.05) is 0 Å². The summed E-state index contributed by atoms with van der Waals surface area (Å²) < 4.78 is 0. The maximum absolute atomic E-state index is 4.31. The van der Waals surface area contributed by atoms with Crippen LogP contribution < -0.4 is 5.32 Å². The summed E-state index contributed by atoms with van der Waals surface area (Å²) >= 11 is 0. The Bertz CT molecular complexity index is 249. The summed E-state index contributed by atoms with van der Waals surface area (Å²) in [7, 11) is 1.87. The Morgan fingerprint density at radius 3 is 2.83 bits per heavy atom. The molecule has 0 radical (unpaired) electrons. The van der Waals surface area contributed by atoms with Crippen LogP contribution in [0.25, 0.3) is 0 Å². The Kier molecular flexibility index (Phi) is 2.08. The molecule has 0 unspecified atom stereocenters. The molecule has 66 valence electrons. The lowest BCUT2D eigenvalue weighted by molar-refractivity contribution is 0.449. The summed E-state index contributed by atoms with van der Waals surface area (Å²) in [6.07, 6.45) is 4.27. The Balaban J connectivity index is 2.08. The largest absolute Gasteiger partial charge is 0.317 e. The minimum atomic E-state index is 0.625. The van der Waals surface area contributed by atoms with E-state index in [4.69, 9.17) is 0 Å². The number of hydrogen-bond donors (Lipinski definition) is 1. The van der Waals surface area contributed by atoms with E-state index in [0.29, 0.717) is 5.92 Å². The first-order valence-corrected chi connectivity index (χ1v) is 4.43. The molecule has 0 bridgehead atoms. The van der Waals surface area contributed by atoms with Crippen molar-refractivity contribution in [2.75, 3.05) is 13.1 Å². The lowest BCUT2D eigenvalue weighted by atomic mass is 9.95. The topological polar surface area (TPSA) is 42.7 Å². The number of aryl methyl sites for hydroxylation is 1. The van der Waals surface area contributed by atoms with Crippen molar-refractivity contribution >= 4 is 0 Å². The second-order valence-corrected chi connectivity index (χ2v) is 3.28. The van der Waals surface area contributed by atoms with E-state index in [1.54, 1.807) is 4.80 Å². The Labute approximate surface area is 72.0 Å². The van der Waals surface area contributed by atoms with Gasteiger partial charge in [0.05, 0.1) is 11.9 Å². The Morgan fingerprint density at radius 2 is 2.25 bits per heavy atom. The van der Waals surface area contributed by atoms with Crippen molar-refractivity contribution in [2.45, 2.75) is 18.8 Å². The van der Waals surface area contributed by atoms with Gasteiger partial charge in [0.1, 0.15) is 0 Å². The second-order valence-electron chi connectivity index (χ2n) is 3.28. The normalized spacial score (nSPS) is 19.8. The molecule has 1 saturated heterocycles. The van der Waals surface area contributed by atoms with Gasteiger partial charge < -0.3 is 5.32 Å². The minimum Gasteiger partial charge on any atom is -0.317 e. The number of rotatable bonds is 1. The highest BCUT2D eigenvalue weighted by molar-refractivity contribution is 5.02. The quantitative estimate of drug-likeness (QED) is 0.651. The summed E-state index contributed by atoms with van der Waals surface area (Å²) in [6, 6.07) is 0. The van der Waals surface area contributed by atoms with Gasteiger partial charge in [0.15, 0.2) is 0 Å². The molecule has 2 rings (SSSR count). The molecule has 12 heavy (non-hydrogen) atoms. The highest BCUT2D eigenvalue weighted by Crippen LogP contribution is 2.22. The number of aromatic nitrogens is 3. The first kappa shape index (κ1) is 7.73. The molecule has 4 heteroatoms. The van der Waals surface area contributed by atoms with Crippen LogP contribution in [0.4, 0.5) is 0 Å². The number of nitrogens with zero attached hydrogens (tertiary/aromatic N) is 3. The monoisotopic (exact) mass is 166 g/mol. The van der Waals surface area contributed by atoms with E-state index in [0.717, 1.165) is 18.8 Å². The molecule has 2 heterocycles. The van der Waals surface area contributed by atoms with Crippen molar-refractivity contribution in [3.63, 3.8) is 0 Å². The van der Waals surface area contributed by atoms with Crippen LogP contribution in [0.5, 0.6) is 0 Å². The molecule has 1 aromatic rings. The molecule has 1 aromatic heterocycles. The van der Waals surface area contributed by atoms with Crippen molar-refractivity contribution in [2.24, 2.45) is 7.05 Å². The molecule has 4 nitrogen and oxygen atoms in total. The Hall–Kier alpha value is -0.900. The fraction of sp³-hybridized carbons (Fsp3) is 0.750. The third-order valence-electron chi connectivity index (χ3n) is 2.37. The number of hydrogen-bond acceptors (Lipinski definition) is 3. The van der Waals surface area contributed by atoms with E-state index in [-0.39, 0.29) is 0 Å². The van der Waals surface area contributed by atoms with E-state index < -0.39 is 0 Å². The van der Waals surface area contributed by atoms with Crippen molar-refractivity contribution in [3.05, 3.63) is 11.9 Å². The molecule has 0 aliphatic carbocycles. The second kappa shape index (κ2) is 3.23. The van der Waals surface area contributed by atoms with Crippen LogP contribution in [0.1, 0.15) is 24.5 Å². The number of nitrogens with one attached hydrogen (secondary N) is 1. The lowest BCUT2D eigenvalue weighted by Crippen LogP contribution is -2.26. The molecule has 1 aliphatic rings. The maximum Gasteiger partial charge on any atom is 0.0858 e. The first-order valence-electron chi connectivity index (χ1n) is 4.43. The van der Waals surface area contributed by atoms with Crippen LogP contribution in [0.2, 0.25) is 0 Å². The van der Waals surface area contributed by atoms with Crippen molar-refractivity contribution in [1.29, 1.82) is 0 Å². The summed E-state index contributed by atoms with van der Waals surface area (Å²) in [4.78, 5) is 1.64. The van der Waals surface area contributed by atoms with Crippen LogP contribution in [0.3, 0.4) is 0 Å². The third-order valence-corrected chi connectivity index (χ3v) is 2.37. The molecule has 0 amide bonds. The van der Waals surface area contributed by atoms with Gasteiger partial charge in [-0.2, -0.15) is 15.0 Å². The average Bonchev–Trinajstić information content (AvgIpc) is 2.54. The number of piperidine rings is 1. The van der Waals surface area contributed by atoms with Crippen molar-refractivity contribution < 1.29 is 0 Å². The zero-order valence-electron chi connectivity index (χ0n) is 7.32. The maximum atomic E-state index is 4.31. The van der Waals surface area contributed by atoms with Gasteiger partial charge in [0, 0.05) is 13.0 Å².